The third-order valence-electron chi connectivity index (χ3n) is 3.51. The second kappa shape index (κ2) is 8.59. The fourth-order valence-electron chi connectivity index (χ4n) is 2.35. The van der Waals surface area contributed by atoms with Gasteiger partial charge >= 0.3 is 6.09 Å². The van der Waals surface area contributed by atoms with Crippen LogP contribution in [-0.2, 0) is 11.3 Å². The molecule has 110 valence electrons. The van der Waals surface area contributed by atoms with Crippen LogP contribution in [0.15, 0.2) is 30.3 Å². The van der Waals surface area contributed by atoms with Crippen molar-refractivity contribution in [1.29, 1.82) is 0 Å². The van der Waals surface area contributed by atoms with Gasteiger partial charge in [0.15, 0.2) is 0 Å². The third kappa shape index (κ3) is 5.21. The van der Waals surface area contributed by atoms with Crippen LogP contribution in [-0.4, -0.2) is 37.2 Å². The first-order valence-electron chi connectivity index (χ1n) is 7.52. The summed E-state index contributed by atoms with van der Waals surface area (Å²) in [6.07, 6.45) is 4.15. The first-order valence-corrected chi connectivity index (χ1v) is 7.52. The van der Waals surface area contributed by atoms with Crippen LogP contribution in [0.2, 0.25) is 0 Å². The van der Waals surface area contributed by atoms with Crippen LogP contribution in [0.3, 0.4) is 0 Å². The molecule has 0 aliphatic carbocycles. The van der Waals surface area contributed by atoms with Crippen molar-refractivity contribution in [3.63, 3.8) is 0 Å². The molecule has 1 aliphatic heterocycles. The van der Waals surface area contributed by atoms with Gasteiger partial charge in [-0.1, -0.05) is 30.3 Å². The van der Waals surface area contributed by atoms with Crippen molar-refractivity contribution in [3.05, 3.63) is 35.9 Å². The lowest BCUT2D eigenvalue weighted by Gasteiger charge is -2.25. The van der Waals surface area contributed by atoms with Gasteiger partial charge in [-0.2, -0.15) is 0 Å². The molecule has 0 spiro atoms. The largest absolute Gasteiger partial charge is 0.449 e. The van der Waals surface area contributed by atoms with Gasteiger partial charge in [-0.15, -0.1) is 0 Å². The van der Waals surface area contributed by atoms with Crippen LogP contribution in [0.4, 0.5) is 4.79 Å². The van der Waals surface area contributed by atoms with E-state index in [1.165, 1.54) is 12.0 Å². The topological polar surface area (TPSA) is 41.6 Å². The Bertz CT molecular complexity index is 389. The van der Waals surface area contributed by atoms with Crippen molar-refractivity contribution in [2.75, 3.05) is 26.2 Å². The van der Waals surface area contributed by atoms with Crippen molar-refractivity contribution in [1.82, 2.24) is 10.2 Å². The number of benzene rings is 1. The van der Waals surface area contributed by atoms with E-state index in [0.29, 0.717) is 6.61 Å². The molecule has 0 bridgehead atoms. The van der Waals surface area contributed by atoms with E-state index >= 15 is 0 Å². The number of rotatable bonds is 6. The van der Waals surface area contributed by atoms with E-state index in [0.717, 1.165) is 45.4 Å². The van der Waals surface area contributed by atoms with E-state index in [-0.39, 0.29) is 6.09 Å². The number of carbonyl (C=O) groups is 1. The molecule has 0 saturated carbocycles. The zero-order valence-corrected chi connectivity index (χ0v) is 12.0. The molecule has 0 atom stereocenters. The molecule has 1 aromatic rings. The summed E-state index contributed by atoms with van der Waals surface area (Å²) in [5.74, 6) is 0. The van der Waals surface area contributed by atoms with E-state index in [1.807, 2.05) is 23.1 Å². The molecule has 0 unspecified atom stereocenters. The first-order chi connectivity index (χ1) is 9.86. The minimum Gasteiger partial charge on any atom is -0.449 e. The highest BCUT2D eigenvalue weighted by molar-refractivity contribution is 5.67. The van der Waals surface area contributed by atoms with Crippen LogP contribution >= 0.6 is 0 Å². The lowest BCUT2D eigenvalue weighted by atomic mass is 10.1. The maximum atomic E-state index is 11.7. The molecule has 1 saturated heterocycles. The molecule has 1 N–H and O–H groups in total. The van der Waals surface area contributed by atoms with Gasteiger partial charge in [0.1, 0.15) is 0 Å². The number of nitrogens with one attached hydrogen (secondary N) is 1. The highest BCUT2D eigenvalue weighted by atomic mass is 16.6. The summed E-state index contributed by atoms with van der Waals surface area (Å²) in [5.41, 5.74) is 1.28. The number of ether oxygens (including phenoxy) is 1. The second-order valence-electron chi connectivity index (χ2n) is 5.18. The van der Waals surface area contributed by atoms with E-state index in [4.69, 9.17) is 4.74 Å². The van der Waals surface area contributed by atoms with Crippen LogP contribution in [0.5, 0.6) is 0 Å². The predicted molar refractivity (Wildman–Crippen MR) is 79.5 cm³/mol. The fourth-order valence-corrected chi connectivity index (χ4v) is 2.35. The number of hydrogen-bond acceptors (Lipinski definition) is 3. The summed E-state index contributed by atoms with van der Waals surface area (Å²) >= 11 is 0. The molecule has 1 aromatic carbocycles. The molecule has 0 radical (unpaired) electrons. The smallest absolute Gasteiger partial charge is 0.409 e. The van der Waals surface area contributed by atoms with Crippen molar-refractivity contribution >= 4 is 6.09 Å². The lowest BCUT2D eigenvalue weighted by Crippen LogP contribution is -2.36. The van der Waals surface area contributed by atoms with E-state index in [1.54, 1.807) is 0 Å². The van der Waals surface area contributed by atoms with E-state index < -0.39 is 0 Å². The third-order valence-corrected chi connectivity index (χ3v) is 3.51. The van der Waals surface area contributed by atoms with E-state index in [9.17, 15) is 4.79 Å². The van der Waals surface area contributed by atoms with Crippen LogP contribution in [0.1, 0.15) is 31.2 Å². The minimum atomic E-state index is -0.146. The number of nitrogens with zero attached hydrogens (tertiary/aromatic N) is 1. The Kier molecular flexibility index (Phi) is 6.38. The summed E-state index contributed by atoms with van der Waals surface area (Å²) in [5, 5.41) is 3.35. The fraction of sp³-hybridized carbons (Fsp3) is 0.562. The van der Waals surface area contributed by atoms with Gasteiger partial charge in [0.05, 0.1) is 6.61 Å². The number of carbonyl (C=O) groups excluding carboxylic acids is 1. The Labute approximate surface area is 121 Å². The summed E-state index contributed by atoms with van der Waals surface area (Å²) < 4.78 is 5.28. The molecule has 2 rings (SSSR count). The van der Waals surface area contributed by atoms with Gasteiger partial charge in [-0.25, -0.2) is 4.79 Å². The molecule has 1 aliphatic rings. The molecule has 20 heavy (non-hydrogen) atoms. The zero-order valence-electron chi connectivity index (χ0n) is 12.0. The van der Waals surface area contributed by atoms with Gasteiger partial charge in [0, 0.05) is 19.6 Å². The normalized spacial score (nSPS) is 15.1. The number of likely N-dealkylation sites (tertiary alicyclic amines) is 1. The van der Waals surface area contributed by atoms with Crippen molar-refractivity contribution in [2.24, 2.45) is 0 Å². The Balaban J connectivity index is 1.50. The maximum Gasteiger partial charge on any atom is 0.409 e. The predicted octanol–water partition coefficient (Wildman–Crippen LogP) is 2.79. The zero-order chi connectivity index (χ0) is 14.0. The average molecular weight is 276 g/mol. The van der Waals surface area contributed by atoms with Crippen LogP contribution < -0.4 is 5.32 Å². The maximum absolute atomic E-state index is 11.7. The Hall–Kier alpha value is -1.55. The Morgan fingerprint density at radius 1 is 1.15 bits per heavy atom. The van der Waals surface area contributed by atoms with Gasteiger partial charge in [-0.3, -0.25) is 0 Å². The Morgan fingerprint density at radius 2 is 1.90 bits per heavy atom. The van der Waals surface area contributed by atoms with Gasteiger partial charge < -0.3 is 15.0 Å². The average Bonchev–Trinajstić information content (AvgIpc) is 2.52. The monoisotopic (exact) mass is 276 g/mol. The lowest BCUT2D eigenvalue weighted by molar-refractivity contribution is 0.0942. The second-order valence-corrected chi connectivity index (χ2v) is 5.18. The minimum absolute atomic E-state index is 0.146. The summed E-state index contributed by atoms with van der Waals surface area (Å²) in [6.45, 7) is 3.93. The molecular formula is C16H24N2O2. The number of piperidine rings is 1. The molecule has 1 heterocycles. The summed E-state index contributed by atoms with van der Waals surface area (Å²) in [7, 11) is 0. The summed E-state index contributed by atoms with van der Waals surface area (Å²) in [4.78, 5) is 13.6. The van der Waals surface area contributed by atoms with Crippen molar-refractivity contribution in [2.45, 2.75) is 32.2 Å². The Morgan fingerprint density at radius 3 is 2.65 bits per heavy atom. The molecule has 4 heteroatoms. The quantitative estimate of drug-likeness (QED) is 0.812. The highest BCUT2D eigenvalue weighted by Crippen LogP contribution is 2.09. The highest BCUT2D eigenvalue weighted by Gasteiger charge is 2.16. The SMILES string of the molecule is O=C(OCCCNCc1ccccc1)N1CCCCC1. The number of hydrogen-bond donors (Lipinski definition) is 1. The molecule has 0 aromatic heterocycles. The van der Waals surface area contributed by atoms with Crippen LogP contribution in [0.25, 0.3) is 0 Å². The molecule has 1 amide bonds. The van der Waals surface area contributed by atoms with Gasteiger partial charge in [0.25, 0.3) is 0 Å². The van der Waals surface area contributed by atoms with Gasteiger partial charge in [-0.05, 0) is 37.8 Å². The number of amides is 1. The summed E-state index contributed by atoms with van der Waals surface area (Å²) in [6, 6.07) is 10.3. The molecule has 4 nitrogen and oxygen atoms in total. The van der Waals surface area contributed by atoms with Crippen LogP contribution in [0, 0.1) is 0 Å². The standard InChI is InChI=1S/C16H24N2O2/c19-16(18-11-5-2-6-12-18)20-13-7-10-17-14-15-8-3-1-4-9-15/h1,3-4,8-9,17H,2,5-7,10-14H2. The molecule has 1 fully saturated rings. The first kappa shape index (κ1) is 14.9. The van der Waals surface area contributed by atoms with Gasteiger partial charge in [0.2, 0.25) is 0 Å². The molecular weight excluding hydrogens is 252 g/mol. The van der Waals surface area contributed by atoms with Crippen molar-refractivity contribution < 1.29 is 9.53 Å². The van der Waals surface area contributed by atoms with Crippen molar-refractivity contribution in [3.8, 4) is 0 Å². The van der Waals surface area contributed by atoms with E-state index in [2.05, 4.69) is 17.4 Å².